The smallest absolute Gasteiger partial charge is 0.407 e. The number of carbonyl (C=O) groups excluding carboxylic acids is 4. The Morgan fingerprint density at radius 2 is 1.64 bits per heavy atom. The van der Waals surface area contributed by atoms with Crippen LogP contribution in [0.2, 0.25) is 5.15 Å². The predicted molar refractivity (Wildman–Crippen MR) is 215 cm³/mol. The number of amides is 4. The van der Waals surface area contributed by atoms with Gasteiger partial charge in [-0.15, -0.1) is 0 Å². The van der Waals surface area contributed by atoms with Crippen LogP contribution in [0.15, 0.2) is 41.3 Å². The molecule has 19 heteroatoms. The van der Waals surface area contributed by atoms with E-state index in [2.05, 4.69) is 15.6 Å². The number of hydrogen-bond acceptors (Lipinski definition) is 10. The van der Waals surface area contributed by atoms with Crippen molar-refractivity contribution < 1.29 is 41.1 Å². The molecule has 59 heavy (non-hydrogen) atoms. The zero-order valence-electron chi connectivity index (χ0n) is 33.6. The largest absolute Gasteiger partial charge is 0.444 e. The Bertz CT molecular complexity index is 2050. The van der Waals surface area contributed by atoms with Crippen molar-refractivity contribution in [2.45, 2.75) is 107 Å². The lowest BCUT2D eigenvalue weighted by atomic mass is 9.80. The highest BCUT2D eigenvalue weighted by molar-refractivity contribution is 7.89. The number of sulfonamides is 1. The van der Waals surface area contributed by atoms with Gasteiger partial charge in [-0.1, -0.05) is 11.6 Å². The molecule has 4 amide bonds. The molecule has 1 aromatic carbocycles. The highest BCUT2D eigenvalue weighted by Crippen LogP contribution is 2.55. The van der Waals surface area contributed by atoms with Crippen molar-refractivity contribution >= 4 is 56.9 Å². The van der Waals surface area contributed by atoms with Gasteiger partial charge in [0, 0.05) is 68.9 Å². The van der Waals surface area contributed by atoms with Gasteiger partial charge in [0.15, 0.2) is 0 Å². The van der Waals surface area contributed by atoms with Gasteiger partial charge in [0.2, 0.25) is 27.7 Å². The summed E-state index contributed by atoms with van der Waals surface area (Å²) in [6.45, 7) is 6.65. The summed E-state index contributed by atoms with van der Waals surface area (Å²) in [5, 5.41) is 5.68. The predicted octanol–water partition coefficient (Wildman–Crippen LogP) is 3.98. The number of halogens is 3. The molecule has 2 atom stereocenters. The summed E-state index contributed by atoms with van der Waals surface area (Å²) in [4.78, 5) is 59.3. The molecule has 3 aliphatic heterocycles. The van der Waals surface area contributed by atoms with Gasteiger partial charge >= 0.3 is 6.09 Å². The zero-order valence-corrected chi connectivity index (χ0v) is 35.2. The van der Waals surface area contributed by atoms with Gasteiger partial charge in [0.1, 0.15) is 16.6 Å². The van der Waals surface area contributed by atoms with Gasteiger partial charge in [0.05, 0.1) is 23.5 Å². The van der Waals surface area contributed by atoms with Crippen LogP contribution in [0.1, 0.15) is 77.7 Å². The van der Waals surface area contributed by atoms with Crippen molar-refractivity contribution in [1.82, 2.24) is 24.8 Å². The number of piperazine rings is 1. The first-order valence-corrected chi connectivity index (χ1v) is 22.1. The quantitative estimate of drug-likeness (QED) is 0.279. The van der Waals surface area contributed by atoms with E-state index in [9.17, 15) is 27.6 Å². The number of likely N-dealkylation sites (tertiary alicyclic amines) is 1. The molecule has 4 heterocycles. The van der Waals surface area contributed by atoms with Crippen LogP contribution in [0.25, 0.3) is 0 Å². The number of primary amides is 1. The fourth-order valence-electron chi connectivity index (χ4n) is 8.91. The van der Waals surface area contributed by atoms with Crippen molar-refractivity contribution in [1.29, 1.82) is 0 Å². The van der Waals surface area contributed by atoms with E-state index < -0.39 is 51.5 Å². The highest BCUT2D eigenvalue weighted by atomic mass is 35.5. The molecular formula is C40H53ClF2N8O7S. The van der Waals surface area contributed by atoms with Crippen LogP contribution in [0, 0.1) is 11.3 Å². The molecular weight excluding hydrogens is 810 g/mol. The monoisotopic (exact) mass is 862 g/mol. The van der Waals surface area contributed by atoms with Crippen molar-refractivity contribution in [3.8, 4) is 0 Å². The average molecular weight is 863 g/mol. The third kappa shape index (κ3) is 9.76. The summed E-state index contributed by atoms with van der Waals surface area (Å²) >= 11 is 6.32. The first kappa shape index (κ1) is 43.0. The first-order valence-electron chi connectivity index (χ1n) is 20.3. The lowest BCUT2D eigenvalue weighted by Gasteiger charge is -2.36. The second kappa shape index (κ2) is 16.4. The Morgan fingerprint density at radius 3 is 2.25 bits per heavy atom. The Morgan fingerprint density at radius 1 is 0.983 bits per heavy atom. The number of rotatable bonds is 11. The average Bonchev–Trinajstić information content (AvgIpc) is 3.69. The van der Waals surface area contributed by atoms with Crippen LogP contribution in [0.5, 0.6) is 0 Å². The maximum absolute atomic E-state index is 16.2. The number of benzene rings is 1. The minimum atomic E-state index is -3.93. The van der Waals surface area contributed by atoms with E-state index in [1.54, 1.807) is 37.8 Å². The van der Waals surface area contributed by atoms with Crippen LogP contribution in [0.4, 0.5) is 25.1 Å². The van der Waals surface area contributed by atoms with Gasteiger partial charge in [-0.05, 0) is 108 Å². The van der Waals surface area contributed by atoms with Crippen molar-refractivity contribution in [3.63, 3.8) is 0 Å². The minimum absolute atomic E-state index is 0.0177. The fraction of sp³-hybridized carbons (Fsp3) is 0.625. The standard InChI is InChI=1S/C40H53ClF2N8O7S/c1-38(2,3)58-37(55)46-28-20-35(53)51(22-28)29-8-10-30(11-9-29)59(56,57)50-16-14-48(15-17-50)34-19-26(18-32(41)47-34)40(42,43)25-4-6-27(7-5-25)45-36(54)31-21-39(12-13-39)24-49(31)23-33(44)52/h8-11,18-19,25,27-28,31H,4-7,12-17,20-24H2,1-3H3,(H2,44,52)(H,45,54)(H,46,55)/t25?,27?,28-,31+/m1/s1. The first-order chi connectivity index (χ1) is 27.7. The number of nitrogens with one attached hydrogen (secondary N) is 2. The molecule has 1 aromatic heterocycles. The van der Waals surface area contributed by atoms with Crippen LogP contribution < -0.4 is 26.2 Å². The van der Waals surface area contributed by atoms with Gasteiger partial charge < -0.3 is 30.9 Å². The Hall–Kier alpha value is -4.13. The lowest BCUT2D eigenvalue weighted by molar-refractivity contribution is -0.128. The van der Waals surface area contributed by atoms with Crippen LogP contribution in [0.3, 0.4) is 0 Å². The Balaban J connectivity index is 0.918. The minimum Gasteiger partial charge on any atom is -0.444 e. The SMILES string of the molecule is CC(C)(C)OC(=O)N[C@@H]1CC(=O)N(c2ccc(S(=O)(=O)N3CCN(c4cc(C(F)(F)C5CCC(NC(=O)[C@@H]6CC7(CC7)CN6CC(N)=O)CC5)cc(Cl)n4)CC3)cc2)C1. The summed E-state index contributed by atoms with van der Waals surface area (Å²) in [5.74, 6) is -4.87. The molecule has 2 aliphatic carbocycles. The molecule has 15 nitrogen and oxygen atoms in total. The van der Waals surface area contributed by atoms with E-state index in [0.29, 0.717) is 31.5 Å². The van der Waals surface area contributed by atoms with Gasteiger partial charge in [-0.2, -0.15) is 4.31 Å². The van der Waals surface area contributed by atoms with Gasteiger partial charge in [-0.25, -0.2) is 27.0 Å². The number of alkyl carbamates (subject to hydrolysis) is 1. The van der Waals surface area contributed by atoms with E-state index in [1.807, 2.05) is 4.90 Å². The number of anilines is 2. The molecule has 0 radical (unpaired) electrons. The molecule has 0 unspecified atom stereocenters. The normalized spacial score (nSPS) is 25.3. The second-order valence-corrected chi connectivity index (χ2v) is 20.1. The summed E-state index contributed by atoms with van der Waals surface area (Å²) in [6, 6.07) is 7.33. The van der Waals surface area contributed by atoms with Crippen molar-refractivity contribution in [2.24, 2.45) is 17.1 Å². The van der Waals surface area contributed by atoms with Crippen LogP contribution in [-0.2, 0) is 35.1 Å². The number of carbonyl (C=O) groups is 4. The maximum Gasteiger partial charge on any atom is 0.407 e. The number of nitrogens with two attached hydrogens (primary N) is 1. The number of nitrogens with zero attached hydrogens (tertiary/aromatic N) is 5. The molecule has 3 saturated heterocycles. The third-order valence-electron chi connectivity index (χ3n) is 12.2. The molecule has 4 N–H and O–H groups in total. The summed E-state index contributed by atoms with van der Waals surface area (Å²) in [7, 11) is -3.93. The summed E-state index contributed by atoms with van der Waals surface area (Å²) in [6.07, 6.45) is 3.31. The van der Waals surface area contributed by atoms with Gasteiger partial charge in [-0.3, -0.25) is 19.3 Å². The molecule has 1 spiro atoms. The van der Waals surface area contributed by atoms with E-state index in [4.69, 9.17) is 22.1 Å². The second-order valence-electron chi connectivity index (χ2n) is 17.7. The zero-order chi connectivity index (χ0) is 42.5. The number of ether oxygens (including phenoxy) is 1. The van der Waals surface area contributed by atoms with E-state index in [0.717, 1.165) is 12.8 Å². The fourth-order valence-corrected chi connectivity index (χ4v) is 10.5. The third-order valence-corrected chi connectivity index (χ3v) is 14.3. The number of hydrogen-bond donors (Lipinski definition) is 3. The topological polar surface area (TPSA) is 188 Å². The van der Waals surface area contributed by atoms with Crippen LogP contribution in [-0.4, -0.2) is 116 Å². The van der Waals surface area contributed by atoms with Gasteiger partial charge in [0.25, 0.3) is 5.92 Å². The molecule has 7 rings (SSSR count). The number of alkyl halides is 2. The molecule has 2 aromatic rings. The molecule has 0 bridgehead atoms. The maximum atomic E-state index is 16.2. The summed E-state index contributed by atoms with van der Waals surface area (Å²) in [5.41, 5.74) is 5.06. The highest BCUT2D eigenvalue weighted by Gasteiger charge is 2.54. The molecule has 5 fully saturated rings. The molecule has 2 saturated carbocycles. The Kier molecular flexibility index (Phi) is 11.9. The molecule has 322 valence electrons. The van der Waals surface area contributed by atoms with E-state index in [-0.39, 0.29) is 103 Å². The van der Waals surface area contributed by atoms with Crippen molar-refractivity contribution in [2.75, 3.05) is 55.6 Å². The number of aromatic nitrogens is 1. The van der Waals surface area contributed by atoms with Crippen LogP contribution >= 0.6 is 11.6 Å². The number of pyridine rings is 1. The summed E-state index contributed by atoms with van der Waals surface area (Å²) < 4.78 is 66.3. The Labute approximate surface area is 348 Å². The molecule has 5 aliphatic rings. The van der Waals surface area contributed by atoms with E-state index in [1.165, 1.54) is 33.5 Å². The van der Waals surface area contributed by atoms with E-state index >= 15 is 8.78 Å². The lowest BCUT2D eigenvalue weighted by Crippen LogP contribution is -2.50. The van der Waals surface area contributed by atoms with Crippen molar-refractivity contribution in [3.05, 3.63) is 47.1 Å².